The molecule has 0 amide bonds. The van der Waals surface area contributed by atoms with Crippen molar-refractivity contribution in [2.45, 2.75) is 25.0 Å². The zero-order chi connectivity index (χ0) is 21.2. The number of piperidine rings is 1. The predicted octanol–water partition coefficient (Wildman–Crippen LogP) is 1.33. The number of β-amino-alcohol motifs (C(OH)–C–C–N with tert-alkyl or cyclic N) is 1. The van der Waals surface area contributed by atoms with Gasteiger partial charge in [-0.3, -0.25) is 4.90 Å². The van der Waals surface area contributed by atoms with E-state index in [2.05, 4.69) is 19.8 Å². The Labute approximate surface area is 178 Å². The largest absolute Gasteiger partial charge is 0.491 e. The molecule has 3 rings (SSSR count). The van der Waals surface area contributed by atoms with Crippen molar-refractivity contribution < 1.29 is 19.7 Å². The number of aliphatic hydroxyl groups excluding tert-OH is 1. The molecule has 0 unspecified atom stereocenters. The zero-order valence-electron chi connectivity index (χ0n) is 17.6. The van der Waals surface area contributed by atoms with E-state index in [9.17, 15) is 5.11 Å². The Hall–Kier alpha value is -2.26. The highest BCUT2D eigenvalue weighted by atomic mass is 16.5. The molecule has 30 heavy (non-hydrogen) atoms. The van der Waals surface area contributed by atoms with E-state index in [0.717, 1.165) is 37.2 Å². The van der Waals surface area contributed by atoms with Crippen LogP contribution in [0.2, 0.25) is 0 Å². The Morgan fingerprint density at radius 2 is 1.90 bits per heavy atom. The second-order valence-corrected chi connectivity index (χ2v) is 7.80. The molecule has 2 aromatic rings. The highest BCUT2D eigenvalue weighted by Gasteiger charge is 2.35. The molecule has 2 N–H and O–H groups in total. The molecule has 0 saturated carbocycles. The maximum Gasteiger partial charge on any atom is 0.225 e. The van der Waals surface area contributed by atoms with Crippen molar-refractivity contribution >= 4 is 5.95 Å². The van der Waals surface area contributed by atoms with Gasteiger partial charge in [-0.15, -0.1) is 0 Å². The fourth-order valence-electron chi connectivity index (χ4n) is 3.81. The lowest BCUT2D eigenvalue weighted by Crippen LogP contribution is -2.54. The number of nitrogens with zero attached hydrogens (tertiary/aromatic N) is 4. The van der Waals surface area contributed by atoms with Gasteiger partial charge in [0.1, 0.15) is 12.4 Å². The lowest BCUT2D eigenvalue weighted by atomic mass is 9.92. The van der Waals surface area contributed by atoms with Gasteiger partial charge in [-0.2, -0.15) is 0 Å². The molecule has 1 aliphatic heterocycles. The molecule has 1 aromatic carbocycles. The average molecular weight is 417 g/mol. The van der Waals surface area contributed by atoms with Crippen molar-refractivity contribution in [2.75, 3.05) is 58.0 Å². The van der Waals surface area contributed by atoms with Crippen LogP contribution in [0, 0.1) is 0 Å². The molecule has 8 heteroatoms. The van der Waals surface area contributed by atoms with Crippen LogP contribution in [-0.4, -0.2) is 83.8 Å². The Balaban J connectivity index is 1.46. The molecule has 8 nitrogen and oxygen atoms in total. The van der Waals surface area contributed by atoms with E-state index in [1.54, 1.807) is 18.5 Å². The SMILES string of the molecule is CN(Cc1ccc(OCCOCCO)cc1)C[C@@]1(O)CCCN(c2ncccn2)C1. The number of rotatable bonds is 11. The summed E-state index contributed by atoms with van der Waals surface area (Å²) in [4.78, 5) is 12.8. The minimum atomic E-state index is -0.788. The standard InChI is InChI=1S/C22H32N4O4/c1-25(16-19-4-6-20(7-5-19)30-15-14-29-13-12-27)17-22(28)8-2-11-26(18-22)21-23-9-3-10-24-21/h3-7,9-10,27-28H,2,8,11-18H2,1H3/t22-/m0/s1. The van der Waals surface area contributed by atoms with Gasteiger partial charge in [0.05, 0.1) is 32.0 Å². The fraction of sp³-hybridized carbons (Fsp3) is 0.545. The van der Waals surface area contributed by atoms with Crippen molar-refractivity contribution in [2.24, 2.45) is 0 Å². The summed E-state index contributed by atoms with van der Waals surface area (Å²) in [7, 11) is 2.03. The first-order chi connectivity index (χ1) is 14.6. The first kappa shape index (κ1) is 22.4. The maximum absolute atomic E-state index is 11.2. The van der Waals surface area contributed by atoms with E-state index in [4.69, 9.17) is 14.6 Å². The Morgan fingerprint density at radius 1 is 1.13 bits per heavy atom. The summed E-state index contributed by atoms with van der Waals surface area (Å²) in [6.07, 6.45) is 5.15. The minimum Gasteiger partial charge on any atom is -0.491 e. The molecule has 0 spiro atoms. The van der Waals surface area contributed by atoms with Crippen LogP contribution >= 0.6 is 0 Å². The van der Waals surface area contributed by atoms with Crippen LogP contribution in [0.1, 0.15) is 18.4 Å². The Bertz CT molecular complexity index is 747. The normalized spacial score (nSPS) is 19.3. The van der Waals surface area contributed by atoms with E-state index < -0.39 is 5.60 Å². The van der Waals surface area contributed by atoms with Gasteiger partial charge in [-0.25, -0.2) is 9.97 Å². The van der Waals surface area contributed by atoms with Gasteiger partial charge in [0, 0.05) is 32.0 Å². The second kappa shape index (κ2) is 11.2. The molecule has 1 atom stereocenters. The summed E-state index contributed by atoms with van der Waals surface area (Å²) >= 11 is 0. The summed E-state index contributed by atoms with van der Waals surface area (Å²) in [6.45, 7) is 3.98. The fourth-order valence-corrected chi connectivity index (χ4v) is 3.81. The van der Waals surface area contributed by atoms with Crippen molar-refractivity contribution in [3.8, 4) is 5.75 Å². The summed E-state index contributed by atoms with van der Waals surface area (Å²) < 4.78 is 10.8. The molecule has 0 bridgehead atoms. The van der Waals surface area contributed by atoms with Crippen LogP contribution in [0.3, 0.4) is 0 Å². The van der Waals surface area contributed by atoms with Crippen molar-refractivity contribution in [3.63, 3.8) is 0 Å². The number of hydrogen-bond donors (Lipinski definition) is 2. The number of hydrogen-bond acceptors (Lipinski definition) is 8. The number of aromatic nitrogens is 2. The van der Waals surface area contributed by atoms with Gasteiger partial charge < -0.3 is 24.6 Å². The molecule has 1 aliphatic rings. The number of benzene rings is 1. The van der Waals surface area contributed by atoms with E-state index in [1.165, 1.54) is 0 Å². The van der Waals surface area contributed by atoms with Crippen LogP contribution in [0.4, 0.5) is 5.95 Å². The number of anilines is 1. The van der Waals surface area contributed by atoms with Crippen LogP contribution < -0.4 is 9.64 Å². The number of aliphatic hydroxyl groups is 2. The van der Waals surface area contributed by atoms with Gasteiger partial charge in [0.2, 0.25) is 5.95 Å². The third kappa shape index (κ3) is 6.91. The van der Waals surface area contributed by atoms with E-state index in [1.807, 2.05) is 31.3 Å². The van der Waals surface area contributed by atoms with Gasteiger partial charge in [0.15, 0.2) is 0 Å². The summed E-state index contributed by atoms with van der Waals surface area (Å²) in [5.41, 5.74) is 0.369. The average Bonchev–Trinajstić information content (AvgIpc) is 2.75. The monoisotopic (exact) mass is 416 g/mol. The van der Waals surface area contributed by atoms with Gasteiger partial charge >= 0.3 is 0 Å². The van der Waals surface area contributed by atoms with E-state index in [0.29, 0.717) is 38.9 Å². The quantitative estimate of drug-likeness (QED) is 0.530. The molecule has 164 valence electrons. The first-order valence-corrected chi connectivity index (χ1v) is 10.4. The van der Waals surface area contributed by atoms with E-state index >= 15 is 0 Å². The third-order valence-electron chi connectivity index (χ3n) is 5.06. The van der Waals surface area contributed by atoms with Crippen LogP contribution in [0.25, 0.3) is 0 Å². The van der Waals surface area contributed by atoms with Crippen LogP contribution in [0.15, 0.2) is 42.7 Å². The van der Waals surface area contributed by atoms with Crippen LogP contribution in [-0.2, 0) is 11.3 Å². The molecule has 1 fully saturated rings. The van der Waals surface area contributed by atoms with Crippen LogP contribution in [0.5, 0.6) is 5.75 Å². The molecular weight excluding hydrogens is 384 g/mol. The molecule has 0 aliphatic carbocycles. The Morgan fingerprint density at radius 3 is 2.63 bits per heavy atom. The van der Waals surface area contributed by atoms with Crippen molar-refractivity contribution in [1.82, 2.24) is 14.9 Å². The van der Waals surface area contributed by atoms with Gasteiger partial charge in [-0.1, -0.05) is 12.1 Å². The number of likely N-dealkylation sites (N-methyl/N-ethyl adjacent to an activating group) is 1. The van der Waals surface area contributed by atoms with Crippen molar-refractivity contribution in [1.29, 1.82) is 0 Å². The maximum atomic E-state index is 11.2. The van der Waals surface area contributed by atoms with E-state index in [-0.39, 0.29) is 6.61 Å². The molecule has 0 radical (unpaired) electrons. The third-order valence-corrected chi connectivity index (χ3v) is 5.06. The zero-order valence-corrected chi connectivity index (χ0v) is 17.6. The predicted molar refractivity (Wildman–Crippen MR) is 115 cm³/mol. The molecular formula is C22H32N4O4. The smallest absolute Gasteiger partial charge is 0.225 e. The van der Waals surface area contributed by atoms with Gasteiger partial charge in [-0.05, 0) is 43.7 Å². The second-order valence-electron chi connectivity index (χ2n) is 7.80. The molecule has 1 aromatic heterocycles. The highest BCUT2D eigenvalue weighted by molar-refractivity contribution is 5.31. The summed E-state index contributed by atoms with van der Waals surface area (Å²) in [5.74, 6) is 1.47. The lowest BCUT2D eigenvalue weighted by Gasteiger charge is -2.41. The Kier molecular flexibility index (Phi) is 8.39. The van der Waals surface area contributed by atoms with Crippen molar-refractivity contribution in [3.05, 3.63) is 48.3 Å². The molecule has 2 heterocycles. The summed E-state index contributed by atoms with van der Waals surface area (Å²) in [6, 6.07) is 9.76. The molecule has 1 saturated heterocycles. The number of ether oxygens (including phenoxy) is 2. The lowest BCUT2D eigenvalue weighted by molar-refractivity contribution is -0.00366. The topological polar surface area (TPSA) is 91.2 Å². The van der Waals surface area contributed by atoms with Gasteiger partial charge in [0.25, 0.3) is 0 Å². The minimum absolute atomic E-state index is 0.0232. The first-order valence-electron chi connectivity index (χ1n) is 10.4. The summed E-state index contributed by atoms with van der Waals surface area (Å²) in [5, 5.41) is 19.8. The highest BCUT2D eigenvalue weighted by Crippen LogP contribution is 2.25.